The molecule has 2 N–H and O–H groups in total. The Morgan fingerprint density at radius 1 is 1.29 bits per heavy atom. The number of hydrogen-bond donors (Lipinski definition) is 2. The Labute approximate surface area is 120 Å². The second-order valence-electron chi connectivity index (χ2n) is 4.79. The first-order chi connectivity index (χ1) is 9.70. The summed E-state index contributed by atoms with van der Waals surface area (Å²) in [5, 5.41) is 11.2. The zero-order valence-corrected chi connectivity index (χ0v) is 11.9. The standard InChI is InChI=1S/C14H17F2NO4/c1-7-4-10(5-8(2)12(7)21-14(15)16)13(20)17-9(3)6-11(18)19/h4-5,9,14H,6H2,1-3H3,(H,17,20)(H,18,19). The van der Waals surface area contributed by atoms with Gasteiger partial charge in [-0.2, -0.15) is 8.78 Å². The number of rotatable bonds is 6. The van der Waals surface area contributed by atoms with Crippen molar-refractivity contribution in [2.75, 3.05) is 0 Å². The number of nitrogens with one attached hydrogen (secondary N) is 1. The van der Waals surface area contributed by atoms with Gasteiger partial charge in [-0.3, -0.25) is 9.59 Å². The summed E-state index contributed by atoms with van der Waals surface area (Å²) in [6, 6.07) is 2.31. The molecular weight excluding hydrogens is 284 g/mol. The fourth-order valence-corrected chi connectivity index (χ4v) is 1.98. The van der Waals surface area contributed by atoms with Crippen LogP contribution < -0.4 is 10.1 Å². The Hall–Kier alpha value is -2.18. The Kier molecular flexibility index (Phi) is 5.63. The van der Waals surface area contributed by atoms with Crippen molar-refractivity contribution >= 4 is 11.9 Å². The molecule has 1 atom stereocenters. The van der Waals surface area contributed by atoms with Crippen LogP contribution in [0.5, 0.6) is 5.75 Å². The maximum absolute atomic E-state index is 12.3. The summed E-state index contributed by atoms with van der Waals surface area (Å²) in [5.74, 6) is -1.44. The van der Waals surface area contributed by atoms with Crippen LogP contribution in [-0.2, 0) is 4.79 Å². The lowest BCUT2D eigenvalue weighted by Crippen LogP contribution is -2.34. The van der Waals surface area contributed by atoms with Crippen LogP contribution in [0.4, 0.5) is 8.78 Å². The molecule has 0 aliphatic heterocycles. The van der Waals surface area contributed by atoms with Crippen LogP contribution in [0.3, 0.4) is 0 Å². The van der Waals surface area contributed by atoms with Crippen LogP contribution in [0.25, 0.3) is 0 Å². The largest absolute Gasteiger partial charge is 0.481 e. The molecule has 1 rings (SSSR count). The van der Waals surface area contributed by atoms with E-state index in [0.29, 0.717) is 11.1 Å². The van der Waals surface area contributed by atoms with E-state index in [0.717, 1.165) is 0 Å². The minimum absolute atomic E-state index is 0.0418. The van der Waals surface area contributed by atoms with Crippen LogP contribution in [0.1, 0.15) is 34.8 Å². The molecule has 1 aromatic rings. The van der Waals surface area contributed by atoms with Crippen LogP contribution >= 0.6 is 0 Å². The second-order valence-corrected chi connectivity index (χ2v) is 4.79. The van der Waals surface area contributed by atoms with Crippen molar-refractivity contribution < 1.29 is 28.2 Å². The molecule has 5 nitrogen and oxygen atoms in total. The highest BCUT2D eigenvalue weighted by atomic mass is 19.3. The van der Waals surface area contributed by atoms with Gasteiger partial charge in [0, 0.05) is 11.6 Å². The maximum Gasteiger partial charge on any atom is 0.387 e. The molecule has 21 heavy (non-hydrogen) atoms. The molecule has 0 heterocycles. The number of carboxylic acids is 1. The molecule has 0 spiro atoms. The minimum atomic E-state index is -2.93. The van der Waals surface area contributed by atoms with Crippen LogP contribution in [-0.4, -0.2) is 29.6 Å². The lowest BCUT2D eigenvalue weighted by atomic mass is 10.0. The van der Waals surface area contributed by atoms with E-state index in [4.69, 9.17) is 5.11 Å². The highest BCUT2D eigenvalue weighted by molar-refractivity contribution is 5.95. The van der Waals surface area contributed by atoms with Gasteiger partial charge in [0.15, 0.2) is 0 Å². The number of aliphatic carboxylic acids is 1. The lowest BCUT2D eigenvalue weighted by molar-refractivity contribution is -0.137. The SMILES string of the molecule is Cc1cc(C(=O)NC(C)CC(=O)O)cc(C)c1OC(F)F. The van der Waals surface area contributed by atoms with Crippen molar-refractivity contribution in [3.8, 4) is 5.75 Å². The molecule has 116 valence electrons. The predicted molar refractivity (Wildman–Crippen MR) is 71.7 cm³/mol. The first-order valence-electron chi connectivity index (χ1n) is 6.29. The Morgan fingerprint density at radius 3 is 2.24 bits per heavy atom. The molecule has 0 aromatic heterocycles. The van der Waals surface area contributed by atoms with E-state index in [2.05, 4.69) is 10.1 Å². The first kappa shape index (κ1) is 16.9. The normalized spacial score (nSPS) is 12.1. The third-order valence-electron chi connectivity index (χ3n) is 2.79. The topological polar surface area (TPSA) is 75.6 Å². The molecular formula is C14H17F2NO4. The van der Waals surface area contributed by atoms with Gasteiger partial charge < -0.3 is 15.2 Å². The summed E-state index contributed by atoms with van der Waals surface area (Å²) in [4.78, 5) is 22.5. The van der Waals surface area contributed by atoms with E-state index in [9.17, 15) is 18.4 Å². The summed E-state index contributed by atoms with van der Waals surface area (Å²) < 4.78 is 29.0. The van der Waals surface area contributed by atoms with Gasteiger partial charge >= 0.3 is 12.6 Å². The molecule has 0 fully saturated rings. The lowest BCUT2D eigenvalue weighted by Gasteiger charge is -2.15. The van der Waals surface area contributed by atoms with Crippen molar-refractivity contribution in [2.24, 2.45) is 0 Å². The molecule has 0 saturated heterocycles. The van der Waals surface area contributed by atoms with Gasteiger partial charge in [-0.05, 0) is 44.0 Å². The van der Waals surface area contributed by atoms with E-state index < -0.39 is 24.5 Å². The number of halogens is 2. The van der Waals surface area contributed by atoms with Crippen LogP contribution in [0.2, 0.25) is 0 Å². The third kappa shape index (κ3) is 5.02. The summed E-state index contributed by atoms with van der Waals surface area (Å²) in [5.41, 5.74) is 1.08. The number of ether oxygens (including phenoxy) is 1. The highest BCUT2D eigenvalue weighted by Crippen LogP contribution is 2.26. The summed E-state index contributed by atoms with van der Waals surface area (Å²) in [6.07, 6.45) is -0.198. The number of carbonyl (C=O) groups excluding carboxylic acids is 1. The zero-order valence-electron chi connectivity index (χ0n) is 11.9. The van der Waals surface area contributed by atoms with E-state index in [1.165, 1.54) is 12.1 Å². The summed E-state index contributed by atoms with van der Waals surface area (Å²) in [7, 11) is 0. The molecule has 7 heteroatoms. The number of amides is 1. The Morgan fingerprint density at radius 2 is 1.81 bits per heavy atom. The summed E-state index contributed by atoms with van der Waals surface area (Å²) >= 11 is 0. The molecule has 0 aliphatic rings. The van der Waals surface area contributed by atoms with Gasteiger partial charge in [0.25, 0.3) is 5.91 Å². The maximum atomic E-state index is 12.3. The van der Waals surface area contributed by atoms with Crippen molar-refractivity contribution in [1.29, 1.82) is 0 Å². The van der Waals surface area contributed by atoms with E-state index >= 15 is 0 Å². The Bertz CT molecular complexity index is 523. The van der Waals surface area contributed by atoms with E-state index in [-0.39, 0.29) is 17.7 Å². The van der Waals surface area contributed by atoms with Gasteiger partial charge in [0.05, 0.1) is 6.42 Å². The fraction of sp³-hybridized carbons (Fsp3) is 0.429. The Balaban J connectivity index is 2.89. The van der Waals surface area contributed by atoms with Gasteiger partial charge in [-0.25, -0.2) is 0 Å². The first-order valence-corrected chi connectivity index (χ1v) is 6.29. The molecule has 1 amide bonds. The minimum Gasteiger partial charge on any atom is -0.481 e. The number of hydrogen-bond acceptors (Lipinski definition) is 3. The average molecular weight is 301 g/mol. The predicted octanol–water partition coefficient (Wildman–Crippen LogP) is 2.50. The zero-order chi connectivity index (χ0) is 16.2. The number of alkyl halides is 2. The van der Waals surface area contributed by atoms with Gasteiger partial charge in [-0.15, -0.1) is 0 Å². The number of carboxylic acid groups (broad SMARTS) is 1. The monoisotopic (exact) mass is 301 g/mol. The van der Waals surface area contributed by atoms with Crippen LogP contribution in [0.15, 0.2) is 12.1 Å². The van der Waals surface area contributed by atoms with Gasteiger partial charge in [0.2, 0.25) is 0 Å². The third-order valence-corrected chi connectivity index (χ3v) is 2.79. The van der Waals surface area contributed by atoms with Crippen molar-refractivity contribution in [1.82, 2.24) is 5.32 Å². The van der Waals surface area contributed by atoms with Gasteiger partial charge in [-0.1, -0.05) is 0 Å². The molecule has 1 unspecified atom stereocenters. The van der Waals surface area contributed by atoms with Crippen molar-refractivity contribution in [3.63, 3.8) is 0 Å². The number of carbonyl (C=O) groups is 2. The molecule has 0 radical (unpaired) electrons. The molecule has 1 aromatic carbocycles. The molecule has 0 aliphatic carbocycles. The molecule has 0 saturated carbocycles. The van der Waals surface area contributed by atoms with Crippen LogP contribution in [0, 0.1) is 13.8 Å². The van der Waals surface area contributed by atoms with Crippen molar-refractivity contribution in [3.05, 3.63) is 28.8 Å². The highest BCUT2D eigenvalue weighted by Gasteiger charge is 2.16. The second kappa shape index (κ2) is 7.01. The van der Waals surface area contributed by atoms with Gasteiger partial charge in [0.1, 0.15) is 5.75 Å². The summed E-state index contributed by atoms with van der Waals surface area (Å²) in [6.45, 7) is 1.75. The van der Waals surface area contributed by atoms with Crippen molar-refractivity contribution in [2.45, 2.75) is 39.8 Å². The molecule has 0 bridgehead atoms. The number of aryl methyl sites for hydroxylation is 2. The fourth-order valence-electron chi connectivity index (χ4n) is 1.98. The average Bonchev–Trinajstić information content (AvgIpc) is 2.31. The number of benzene rings is 1. The smallest absolute Gasteiger partial charge is 0.387 e. The van der Waals surface area contributed by atoms with E-state index in [1.807, 2.05) is 0 Å². The van der Waals surface area contributed by atoms with E-state index in [1.54, 1.807) is 20.8 Å². The quantitative estimate of drug-likeness (QED) is 0.846.